The Balaban J connectivity index is 3.48. The summed E-state index contributed by atoms with van der Waals surface area (Å²) in [6.07, 6.45) is 0. The molecule has 0 aromatic carbocycles. The van der Waals surface area contributed by atoms with Gasteiger partial charge in [-0.3, -0.25) is 10.1 Å². The summed E-state index contributed by atoms with van der Waals surface area (Å²) in [5, 5.41) is 10.7. The van der Waals surface area contributed by atoms with Crippen LogP contribution in [-0.2, 0) is 4.79 Å². The van der Waals surface area contributed by atoms with Crippen LogP contribution in [-0.4, -0.2) is 31.3 Å². The van der Waals surface area contributed by atoms with Crippen LogP contribution in [0.1, 0.15) is 27.7 Å². The molecule has 0 radical (unpaired) electrons. The maximum atomic E-state index is 11.2. The van der Waals surface area contributed by atoms with E-state index in [0.717, 1.165) is 0 Å². The Morgan fingerprint density at radius 3 is 2.00 bits per heavy atom. The minimum atomic E-state index is -0.308. The van der Waals surface area contributed by atoms with Gasteiger partial charge < -0.3 is 16.0 Å². The lowest BCUT2D eigenvalue weighted by Crippen LogP contribution is -2.46. The van der Waals surface area contributed by atoms with Crippen LogP contribution >= 0.6 is 0 Å². The second kappa shape index (κ2) is 7.92. The van der Waals surface area contributed by atoms with Crippen LogP contribution in [0.25, 0.3) is 0 Å². The van der Waals surface area contributed by atoms with Crippen molar-refractivity contribution in [3.63, 3.8) is 0 Å². The third-order valence-corrected chi connectivity index (χ3v) is 1.80. The van der Waals surface area contributed by atoms with Crippen molar-refractivity contribution in [2.45, 2.75) is 33.7 Å². The number of nitrogens with one attached hydrogen (secondary N) is 4. The van der Waals surface area contributed by atoms with Crippen molar-refractivity contribution in [3.05, 3.63) is 0 Å². The SMILES string of the molecule is CC(C)NCNC(=O)NCNC(=O)C(C)C. The van der Waals surface area contributed by atoms with E-state index in [-0.39, 0.29) is 24.5 Å². The predicted molar refractivity (Wildman–Crippen MR) is 62.7 cm³/mol. The van der Waals surface area contributed by atoms with Crippen molar-refractivity contribution < 1.29 is 9.59 Å². The summed E-state index contributed by atoms with van der Waals surface area (Å²) in [6, 6.07) is 0.0122. The molecule has 0 fully saturated rings. The summed E-state index contributed by atoms with van der Waals surface area (Å²) in [7, 11) is 0. The Morgan fingerprint density at radius 1 is 0.938 bits per heavy atom. The Hall–Kier alpha value is -1.30. The van der Waals surface area contributed by atoms with Gasteiger partial charge >= 0.3 is 6.03 Å². The molecule has 0 aliphatic heterocycles. The van der Waals surface area contributed by atoms with Gasteiger partial charge in [0.25, 0.3) is 0 Å². The molecule has 0 aliphatic rings. The summed E-state index contributed by atoms with van der Waals surface area (Å²) in [4.78, 5) is 22.3. The molecule has 0 spiro atoms. The van der Waals surface area contributed by atoms with Crippen LogP contribution in [0.2, 0.25) is 0 Å². The average Bonchev–Trinajstić information content (AvgIpc) is 2.16. The van der Waals surface area contributed by atoms with Gasteiger partial charge in [0.2, 0.25) is 5.91 Å². The minimum Gasteiger partial charge on any atom is -0.338 e. The van der Waals surface area contributed by atoms with Crippen molar-refractivity contribution in [3.8, 4) is 0 Å². The second-order valence-corrected chi connectivity index (χ2v) is 4.09. The molecule has 0 saturated heterocycles. The van der Waals surface area contributed by atoms with E-state index >= 15 is 0 Å². The molecule has 3 amide bonds. The van der Waals surface area contributed by atoms with Crippen molar-refractivity contribution in [1.29, 1.82) is 0 Å². The van der Waals surface area contributed by atoms with Gasteiger partial charge in [-0.2, -0.15) is 0 Å². The normalized spacial score (nSPS) is 10.4. The summed E-state index contributed by atoms with van der Waals surface area (Å²) in [5.41, 5.74) is 0. The zero-order valence-corrected chi connectivity index (χ0v) is 10.4. The Bertz CT molecular complexity index is 229. The Kier molecular flexibility index (Phi) is 7.28. The maximum absolute atomic E-state index is 11.2. The molecule has 16 heavy (non-hydrogen) atoms. The zero-order chi connectivity index (χ0) is 12.6. The van der Waals surface area contributed by atoms with Gasteiger partial charge in [0.1, 0.15) is 0 Å². The van der Waals surface area contributed by atoms with Crippen molar-refractivity contribution in [1.82, 2.24) is 21.3 Å². The quantitative estimate of drug-likeness (QED) is 0.484. The van der Waals surface area contributed by atoms with Gasteiger partial charge in [-0.1, -0.05) is 13.8 Å². The smallest absolute Gasteiger partial charge is 0.317 e. The molecule has 0 unspecified atom stereocenters. The number of hydrogen-bond acceptors (Lipinski definition) is 3. The molecule has 4 N–H and O–H groups in total. The topological polar surface area (TPSA) is 82.3 Å². The second-order valence-electron chi connectivity index (χ2n) is 4.09. The molecule has 0 aromatic heterocycles. The summed E-state index contributed by atoms with van der Waals surface area (Å²) in [6.45, 7) is 8.11. The molecule has 0 bridgehead atoms. The fraction of sp³-hybridized carbons (Fsp3) is 0.800. The third kappa shape index (κ3) is 8.05. The monoisotopic (exact) mass is 230 g/mol. The Labute approximate surface area is 96.5 Å². The molecule has 0 rings (SSSR count). The zero-order valence-electron chi connectivity index (χ0n) is 10.4. The fourth-order valence-corrected chi connectivity index (χ4v) is 0.814. The van der Waals surface area contributed by atoms with Crippen LogP contribution in [0.15, 0.2) is 0 Å². The molecular formula is C10H22N4O2. The van der Waals surface area contributed by atoms with Gasteiger partial charge in [-0.25, -0.2) is 4.79 Å². The highest BCUT2D eigenvalue weighted by Crippen LogP contribution is 1.88. The van der Waals surface area contributed by atoms with Crippen LogP contribution in [0.3, 0.4) is 0 Å². The van der Waals surface area contributed by atoms with E-state index in [1.807, 2.05) is 13.8 Å². The molecule has 0 aromatic rings. The predicted octanol–water partition coefficient (Wildman–Crippen LogP) is -0.0292. The summed E-state index contributed by atoms with van der Waals surface area (Å²) in [5.74, 6) is -0.159. The molecule has 0 saturated carbocycles. The maximum Gasteiger partial charge on any atom is 0.317 e. The Morgan fingerprint density at radius 2 is 1.50 bits per heavy atom. The van der Waals surface area contributed by atoms with Crippen molar-refractivity contribution in [2.24, 2.45) is 5.92 Å². The van der Waals surface area contributed by atoms with Crippen LogP contribution in [0.5, 0.6) is 0 Å². The number of amides is 3. The number of urea groups is 1. The van der Waals surface area contributed by atoms with Gasteiger partial charge in [0.15, 0.2) is 0 Å². The van der Waals surface area contributed by atoms with E-state index in [0.29, 0.717) is 12.7 Å². The molecule has 6 nitrogen and oxygen atoms in total. The van der Waals surface area contributed by atoms with E-state index in [2.05, 4.69) is 21.3 Å². The van der Waals surface area contributed by atoms with Gasteiger partial charge in [0.05, 0.1) is 13.3 Å². The average molecular weight is 230 g/mol. The largest absolute Gasteiger partial charge is 0.338 e. The lowest BCUT2D eigenvalue weighted by molar-refractivity contribution is -0.124. The number of carbonyl (C=O) groups is 2. The summed E-state index contributed by atoms with van der Waals surface area (Å²) < 4.78 is 0. The highest BCUT2D eigenvalue weighted by atomic mass is 16.2. The molecular weight excluding hydrogens is 208 g/mol. The molecule has 0 aliphatic carbocycles. The third-order valence-electron chi connectivity index (χ3n) is 1.80. The van der Waals surface area contributed by atoms with Crippen molar-refractivity contribution >= 4 is 11.9 Å². The standard InChI is InChI=1S/C10H22N4O2/c1-7(2)9(15)12-6-14-10(16)13-5-11-8(3)4/h7-8,11H,5-6H2,1-4H3,(H,12,15)(H2,13,14,16). The first kappa shape index (κ1) is 14.7. The minimum absolute atomic E-state index is 0.0764. The lowest BCUT2D eigenvalue weighted by Gasteiger charge is -2.12. The number of hydrogen-bond donors (Lipinski definition) is 4. The van der Waals surface area contributed by atoms with Gasteiger partial charge in [-0.15, -0.1) is 0 Å². The van der Waals surface area contributed by atoms with E-state index < -0.39 is 0 Å². The highest BCUT2D eigenvalue weighted by molar-refractivity contribution is 5.79. The fourth-order valence-electron chi connectivity index (χ4n) is 0.814. The molecule has 6 heteroatoms. The van der Waals surface area contributed by atoms with E-state index in [4.69, 9.17) is 0 Å². The van der Waals surface area contributed by atoms with E-state index in [9.17, 15) is 9.59 Å². The van der Waals surface area contributed by atoms with Crippen LogP contribution < -0.4 is 21.3 Å². The lowest BCUT2D eigenvalue weighted by atomic mass is 10.2. The molecule has 0 atom stereocenters. The number of rotatable bonds is 6. The molecule has 94 valence electrons. The number of carbonyl (C=O) groups excluding carboxylic acids is 2. The first-order valence-corrected chi connectivity index (χ1v) is 5.46. The summed E-state index contributed by atoms with van der Waals surface area (Å²) >= 11 is 0. The molecule has 0 heterocycles. The van der Waals surface area contributed by atoms with Crippen LogP contribution in [0.4, 0.5) is 4.79 Å². The van der Waals surface area contributed by atoms with E-state index in [1.165, 1.54) is 0 Å². The van der Waals surface area contributed by atoms with Crippen LogP contribution in [0, 0.1) is 5.92 Å². The first-order chi connectivity index (χ1) is 7.43. The van der Waals surface area contributed by atoms with Gasteiger partial charge in [-0.05, 0) is 13.8 Å². The first-order valence-electron chi connectivity index (χ1n) is 5.46. The van der Waals surface area contributed by atoms with Crippen molar-refractivity contribution in [2.75, 3.05) is 13.3 Å². The van der Waals surface area contributed by atoms with Gasteiger partial charge in [0, 0.05) is 12.0 Å². The highest BCUT2D eigenvalue weighted by Gasteiger charge is 2.05. The van der Waals surface area contributed by atoms with E-state index in [1.54, 1.807) is 13.8 Å².